The van der Waals surface area contributed by atoms with E-state index < -0.39 is 5.66 Å². The third kappa shape index (κ3) is 7.21. The number of carbonyl (C=O) groups excluding carboxylic acids is 1. The number of allylic oxidation sites excluding steroid dienone is 4. The van der Waals surface area contributed by atoms with Crippen LogP contribution in [0.2, 0.25) is 0 Å². The molecule has 6 nitrogen and oxygen atoms in total. The number of carbonyl (C=O) groups is 1. The number of hydrogen-bond donors (Lipinski definition) is 4. The maximum atomic E-state index is 12.4. The average Bonchev–Trinajstić information content (AvgIpc) is 2.61. The minimum Gasteiger partial charge on any atom is -0.508 e. The molecule has 6 heteroatoms. The van der Waals surface area contributed by atoms with E-state index in [9.17, 15) is 9.90 Å². The Hall–Kier alpha value is -2.08. The van der Waals surface area contributed by atoms with Crippen molar-refractivity contribution < 1.29 is 9.90 Å². The monoisotopic (exact) mass is 374 g/mol. The molecule has 0 radical (unpaired) electrons. The number of nitrogens with one attached hydrogen (secondary N) is 3. The summed E-state index contributed by atoms with van der Waals surface area (Å²) in [5.41, 5.74) is 1.10. The van der Waals surface area contributed by atoms with E-state index in [1.807, 2.05) is 27.8 Å². The van der Waals surface area contributed by atoms with Crippen molar-refractivity contribution in [1.82, 2.24) is 16.0 Å². The summed E-state index contributed by atoms with van der Waals surface area (Å²) in [4.78, 5) is 16.9. The second-order valence-corrected chi connectivity index (χ2v) is 7.97. The molecule has 0 saturated heterocycles. The summed E-state index contributed by atoms with van der Waals surface area (Å²) in [7, 11) is 1.98. The molecule has 0 spiro atoms. The summed E-state index contributed by atoms with van der Waals surface area (Å²) in [5, 5.41) is 19.4. The first kappa shape index (κ1) is 21.2. The predicted octanol–water partition coefficient (Wildman–Crippen LogP) is 3.10. The lowest BCUT2D eigenvalue weighted by atomic mass is 9.91. The zero-order valence-electron chi connectivity index (χ0n) is 17.0. The van der Waals surface area contributed by atoms with Gasteiger partial charge in [0.25, 0.3) is 0 Å². The fourth-order valence-electron chi connectivity index (χ4n) is 3.50. The van der Waals surface area contributed by atoms with Crippen molar-refractivity contribution in [2.75, 3.05) is 7.05 Å². The highest BCUT2D eigenvalue weighted by Crippen LogP contribution is 2.19. The largest absolute Gasteiger partial charge is 0.508 e. The minimum atomic E-state index is -0.514. The van der Waals surface area contributed by atoms with E-state index in [0.717, 1.165) is 37.8 Å². The standard InChI is InChI=1S/C21H34N4O2/c1-15(20(27)24-17-8-5-7-16(13-17)22-4)11-12-23-21(2,3)25-18-9-6-10-19(26)14-18/h10-12,14,16-17,22,25-26H,5-9,13H2,1-4H3,(H,24,27)/b15-11+,23-12-. The number of aliphatic hydroxyl groups excluding tert-OH is 1. The van der Waals surface area contributed by atoms with Crippen LogP contribution in [-0.2, 0) is 4.79 Å². The van der Waals surface area contributed by atoms with Crippen molar-refractivity contribution in [3.8, 4) is 0 Å². The second-order valence-electron chi connectivity index (χ2n) is 7.97. The summed E-state index contributed by atoms with van der Waals surface area (Å²) < 4.78 is 0. The van der Waals surface area contributed by atoms with Crippen LogP contribution < -0.4 is 16.0 Å². The first-order chi connectivity index (χ1) is 12.8. The Bertz CT molecular complexity index is 647. The number of nitrogens with zero attached hydrogens (tertiary/aromatic N) is 1. The number of hydrogen-bond acceptors (Lipinski definition) is 5. The normalized spacial score (nSPS) is 24.4. The Kier molecular flexibility index (Phi) is 7.66. The topological polar surface area (TPSA) is 85.8 Å². The highest BCUT2D eigenvalue weighted by molar-refractivity contribution is 5.96. The van der Waals surface area contributed by atoms with E-state index in [1.54, 1.807) is 24.4 Å². The summed E-state index contributed by atoms with van der Waals surface area (Å²) in [6.45, 7) is 5.73. The molecule has 0 aliphatic heterocycles. The van der Waals surface area contributed by atoms with Crippen molar-refractivity contribution in [2.24, 2.45) is 4.99 Å². The summed E-state index contributed by atoms with van der Waals surface area (Å²) in [6.07, 6.45) is 13.0. The van der Waals surface area contributed by atoms with Crippen molar-refractivity contribution in [3.63, 3.8) is 0 Å². The third-order valence-corrected chi connectivity index (χ3v) is 5.05. The van der Waals surface area contributed by atoms with Gasteiger partial charge in [0, 0.05) is 29.6 Å². The van der Waals surface area contributed by atoms with E-state index in [-0.39, 0.29) is 11.9 Å². The minimum absolute atomic E-state index is 0.0287. The quantitative estimate of drug-likeness (QED) is 0.407. The van der Waals surface area contributed by atoms with E-state index in [4.69, 9.17) is 0 Å². The van der Waals surface area contributed by atoms with Crippen molar-refractivity contribution >= 4 is 12.1 Å². The Balaban J connectivity index is 1.87. The smallest absolute Gasteiger partial charge is 0.247 e. The van der Waals surface area contributed by atoms with Crippen molar-refractivity contribution in [1.29, 1.82) is 0 Å². The average molecular weight is 375 g/mol. The zero-order chi connectivity index (χ0) is 19.9. The fourth-order valence-corrected chi connectivity index (χ4v) is 3.50. The molecule has 150 valence electrons. The van der Waals surface area contributed by atoms with Crippen molar-refractivity contribution in [3.05, 3.63) is 35.3 Å². The number of rotatable bonds is 7. The second kappa shape index (κ2) is 9.74. The molecule has 1 saturated carbocycles. The molecular weight excluding hydrogens is 340 g/mol. The van der Waals surface area contributed by atoms with Gasteiger partial charge < -0.3 is 21.1 Å². The van der Waals surface area contributed by atoms with Gasteiger partial charge in [-0.2, -0.15) is 0 Å². The van der Waals surface area contributed by atoms with Crippen LogP contribution in [0.1, 0.15) is 59.3 Å². The molecule has 4 N–H and O–H groups in total. The molecule has 2 unspecified atom stereocenters. The summed E-state index contributed by atoms with van der Waals surface area (Å²) in [6, 6.07) is 0.728. The lowest BCUT2D eigenvalue weighted by molar-refractivity contribution is -0.118. The zero-order valence-corrected chi connectivity index (χ0v) is 17.0. The number of aliphatic hydroxyl groups is 1. The summed E-state index contributed by atoms with van der Waals surface area (Å²) >= 11 is 0. The molecule has 2 rings (SSSR count). The molecule has 0 heterocycles. The van der Waals surface area contributed by atoms with Crippen LogP contribution in [0.3, 0.4) is 0 Å². The van der Waals surface area contributed by atoms with Gasteiger partial charge in [0.1, 0.15) is 11.4 Å². The van der Waals surface area contributed by atoms with Gasteiger partial charge >= 0.3 is 0 Å². The Labute approximate surface area is 162 Å². The van der Waals surface area contributed by atoms with Gasteiger partial charge in [0.2, 0.25) is 5.91 Å². The predicted molar refractivity (Wildman–Crippen MR) is 111 cm³/mol. The van der Waals surface area contributed by atoms with Crippen LogP contribution in [0.25, 0.3) is 0 Å². The Morgan fingerprint density at radius 1 is 1.33 bits per heavy atom. The van der Waals surface area contributed by atoms with Crippen LogP contribution in [0.5, 0.6) is 0 Å². The Morgan fingerprint density at radius 3 is 2.78 bits per heavy atom. The van der Waals surface area contributed by atoms with Crippen LogP contribution in [0.15, 0.2) is 40.2 Å². The maximum Gasteiger partial charge on any atom is 0.247 e. The van der Waals surface area contributed by atoms with Gasteiger partial charge in [0.15, 0.2) is 0 Å². The molecular formula is C21H34N4O2. The first-order valence-electron chi connectivity index (χ1n) is 9.87. The van der Waals surface area contributed by atoms with Crippen LogP contribution in [0.4, 0.5) is 0 Å². The van der Waals surface area contributed by atoms with Crippen LogP contribution in [0, 0.1) is 0 Å². The molecule has 0 aromatic rings. The lowest BCUT2D eigenvalue weighted by Crippen LogP contribution is -2.43. The molecule has 2 aliphatic rings. The Morgan fingerprint density at radius 2 is 2.07 bits per heavy atom. The molecule has 1 fully saturated rings. The van der Waals surface area contributed by atoms with E-state index in [0.29, 0.717) is 17.4 Å². The van der Waals surface area contributed by atoms with E-state index >= 15 is 0 Å². The third-order valence-electron chi connectivity index (χ3n) is 5.05. The number of amides is 1. The highest BCUT2D eigenvalue weighted by Gasteiger charge is 2.22. The van der Waals surface area contributed by atoms with Crippen molar-refractivity contribution in [2.45, 2.75) is 77.0 Å². The molecule has 0 aromatic heterocycles. The van der Waals surface area contributed by atoms with Gasteiger partial charge in [-0.05, 0) is 84.6 Å². The maximum absolute atomic E-state index is 12.4. The van der Waals surface area contributed by atoms with Crippen LogP contribution >= 0.6 is 0 Å². The van der Waals surface area contributed by atoms with E-state index in [2.05, 4.69) is 20.9 Å². The van der Waals surface area contributed by atoms with Gasteiger partial charge in [-0.15, -0.1) is 0 Å². The highest BCUT2D eigenvalue weighted by atomic mass is 16.3. The molecule has 27 heavy (non-hydrogen) atoms. The first-order valence-corrected chi connectivity index (χ1v) is 9.87. The van der Waals surface area contributed by atoms with E-state index in [1.165, 1.54) is 6.42 Å². The number of aliphatic imine (C=N–C) groups is 1. The van der Waals surface area contributed by atoms with Gasteiger partial charge in [0.05, 0.1) is 0 Å². The van der Waals surface area contributed by atoms with Gasteiger partial charge in [-0.25, -0.2) is 0 Å². The molecule has 0 bridgehead atoms. The van der Waals surface area contributed by atoms with Crippen LogP contribution in [-0.4, -0.2) is 42.0 Å². The fraction of sp³-hybridized carbons (Fsp3) is 0.619. The molecule has 2 aliphatic carbocycles. The SMILES string of the molecule is CNC1CCCC(NC(=O)/C(C)=C/C=N\C(C)(C)NC2=CC(O)=CCC2)C1. The summed E-state index contributed by atoms with van der Waals surface area (Å²) in [5.74, 6) is 0.262. The molecule has 1 amide bonds. The molecule has 0 aromatic carbocycles. The van der Waals surface area contributed by atoms with Gasteiger partial charge in [-0.3, -0.25) is 9.79 Å². The lowest BCUT2D eigenvalue weighted by Gasteiger charge is -2.29. The van der Waals surface area contributed by atoms with Gasteiger partial charge in [-0.1, -0.05) is 0 Å². The molecule has 2 atom stereocenters.